The number of carbonyl (C=O) groups is 1. The Morgan fingerprint density at radius 3 is 1.61 bits per heavy atom. The Morgan fingerprint density at radius 2 is 1.21 bits per heavy atom. The van der Waals surface area contributed by atoms with Crippen molar-refractivity contribution in [2.75, 3.05) is 0 Å². The molecular weight excluding hydrogens is 476 g/mol. The van der Waals surface area contributed by atoms with Gasteiger partial charge in [0, 0.05) is 46.5 Å². The van der Waals surface area contributed by atoms with Gasteiger partial charge < -0.3 is 20.6 Å². The van der Waals surface area contributed by atoms with E-state index in [1.54, 1.807) is 12.1 Å². The first-order valence-electron chi connectivity index (χ1n) is 13.4. The molecule has 38 heavy (non-hydrogen) atoms. The van der Waals surface area contributed by atoms with Crippen LogP contribution < -0.4 is 21.8 Å². The van der Waals surface area contributed by atoms with Crippen molar-refractivity contribution in [3.63, 3.8) is 0 Å². The summed E-state index contributed by atoms with van der Waals surface area (Å²) in [6.45, 7) is 8.25. The molecule has 0 saturated heterocycles. The summed E-state index contributed by atoms with van der Waals surface area (Å²) < 4.78 is 0. The lowest BCUT2D eigenvalue weighted by Crippen LogP contribution is -2.61. The highest BCUT2D eigenvalue weighted by atomic mass is 16.2. The number of fused-ring (bicyclic) bond motifs is 8. The summed E-state index contributed by atoms with van der Waals surface area (Å²) in [6.07, 6.45) is 11.4. The lowest BCUT2D eigenvalue weighted by atomic mass is 9.62. The number of rotatable bonds is 2. The van der Waals surface area contributed by atoms with Crippen molar-refractivity contribution >= 4 is 6.03 Å². The molecule has 0 spiro atoms. The summed E-state index contributed by atoms with van der Waals surface area (Å²) in [5, 5.41) is 6.84. The molecule has 2 aromatic rings. The number of aromatic amines is 2. The van der Waals surface area contributed by atoms with Crippen LogP contribution in [-0.4, -0.2) is 16.0 Å². The van der Waals surface area contributed by atoms with Gasteiger partial charge in [-0.3, -0.25) is 9.59 Å². The molecule has 196 valence electrons. The van der Waals surface area contributed by atoms with E-state index in [-0.39, 0.29) is 29.0 Å². The van der Waals surface area contributed by atoms with Gasteiger partial charge in [-0.2, -0.15) is 0 Å². The third-order valence-corrected chi connectivity index (χ3v) is 8.89. The molecule has 4 unspecified atom stereocenters. The fourth-order valence-corrected chi connectivity index (χ4v) is 7.80. The number of urea groups is 1. The van der Waals surface area contributed by atoms with E-state index in [0.717, 1.165) is 33.7 Å². The fourth-order valence-electron chi connectivity index (χ4n) is 7.80. The van der Waals surface area contributed by atoms with Gasteiger partial charge in [0.2, 0.25) is 11.1 Å². The standard InChI is InChI=1S/C31H34N4O3/c1-5-21-19-11-17(3)15-30(21,23-7-9-27(36)32-25(23)13-19)34-29(38)35-31-16-18(4)12-20(22(31)6-2)14-26-24(31)8-10-28(37)33-26/h5-12,19-20H,13-16H2,1-4H3,(H,32,36)(H,33,37)(H2,34,35,38)/b21-5+,22-6+. The number of H-pyrrole nitrogens is 2. The Labute approximate surface area is 221 Å². The van der Waals surface area contributed by atoms with Crippen molar-refractivity contribution in [1.29, 1.82) is 0 Å². The SMILES string of the molecule is C/C=C1\C2C=C(C)CC1(NC(=O)NC13CC(C)=CC(Cc4[nH]c(=O)ccc41)/C3=C\C)c1ccc(=O)[nH]c1C2. The van der Waals surface area contributed by atoms with E-state index in [1.165, 1.54) is 11.1 Å². The summed E-state index contributed by atoms with van der Waals surface area (Å²) in [6, 6.07) is 6.56. The zero-order valence-electron chi connectivity index (χ0n) is 22.3. The first-order chi connectivity index (χ1) is 18.2. The molecule has 0 saturated carbocycles. The van der Waals surface area contributed by atoms with Gasteiger partial charge in [0.15, 0.2) is 0 Å². The molecule has 0 aromatic carbocycles. The molecule has 6 rings (SSSR count). The lowest BCUT2D eigenvalue weighted by molar-refractivity contribution is 0.209. The number of allylic oxidation sites excluding steroid dienone is 4. The van der Waals surface area contributed by atoms with Crippen LogP contribution in [0.25, 0.3) is 0 Å². The second kappa shape index (κ2) is 8.58. The predicted octanol–water partition coefficient (Wildman–Crippen LogP) is 4.39. The van der Waals surface area contributed by atoms with E-state index >= 15 is 0 Å². The van der Waals surface area contributed by atoms with Crippen LogP contribution >= 0.6 is 0 Å². The van der Waals surface area contributed by atoms with E-state index in [0.29, 0.717) is 25.7 Å². The molecule has 2 heterocycles. The Kier molecular flexibility index (Phi) is 5.53. The third-order valence-electron chi connectivity index (χ3n) is 8.89. The lowest BCUT2D eigenvalue weighted by Gasteiger charge is -2.50. The summed E-state index contributed by atoms with van der Waals surface area (Å²) in [5.41, 5.74) is 6.57. The maximum atomic E-state index is 14.2. The topological polar surface area (TPSA) is 107 Å². The summed E-state index contributed by atoms with van der Waals surface area (Å²) in [4.78, 5) is 44.7. The van der Waals surface area contributed by atoms with Crippen LogP contribution in [0.4, 0.5) is 4.79 Å². The summed E-state index contributed by atoms with van der Waals surface area (Å²) >= 11 is 0. The highest BCUT2D eigenvalue weighted by Gasteiger charge is 2.51. The number of aromatic nitrogens is 2. The van der Waals surface area contributed by atoms with Crippen molar-refractivity contribution in [3.8, 4) is 0 Å². The van der Waals surface area contributed by atoms with Crippen LogP contribution in [0, 0.1) is 11.8 Å². The van der Waals surface area contributed by atoms with Gasteiger partial charge in [-0.25, -0.2) is 4.79 Å². The smallest absolute Gasteiger partial charge is 0.316 e. The number of hydrogen-bond donors (Lipinski definition) is 4. The van der Waals surface area contributed by atoms with Gasteiger partial charge >= 0.3 is 6.03 Å². The van der Waals surface area contributed by atoms with Crippen molar-refractivity contribution in [2.45, 2.75) is 64.5 Å². The number of hydrogen-bond acceptors (Lipinski definition) is 3. The second-order valence-corrected chi connectivity index (χ2v) is 11.3. The van der Waals surface area contributed by atoms with Gasteiger partial charge in [0.05, 0.1) is 11.1 Å². The van der Waals surface area contributed by atoms with Gasteiger partial charge in [0.1, 0.15) is 0 Å². The van der Waals surface area contributed by atoms with Crippen LogP contribution in [-0.2, 0) is 23.9 Å². The molecule has 4 aliphatic rings. The second-order valence-electron chi connectivity index (χ2n) is 11.3. The van der Waals surface area contributed by atoms with Gasteiger partial charge in [0.25, 0.3) is 0 Å². The number of pyridine rings is 2. The zero-order chi connectivity index (χ0) is 26.8. The molecule has 0 fully saturated rings. The third kappa shape index (κ3) is 3.51. The van der Waals surface area contributed by atoms with Gasteiger partial charge in [-0.15, -0.1) is 0 Å². The van der Waals surface area contributed by atoms with Crippen molar-refractivity contribution in [1.82, 2.24) is 20.6 Å². The highest BCUT2D eigenvalue weighted by molar-refractivity contribution is 5.79. The molecule has 4 aliphatic carbocycles. The number of amides is 2. The molecule has 2 aromatic heterocycles. The van der Waals surface area contributed by atoms with Crippen molar-refractivity contribution in [3.05, 3.63) is 114 Å². The zero-order valence-corrected chi connectivity index (χ0v) is 22.3. The monoisotopic (exact) mass is 510 g/mol. The van der Waals surface area contributed by atoms with E-state index < -0.39 is 11.1 Å². The maximum absolute atomic E-state index is 14.2. The molecule has 4 bridgehead atoms. The van der Waals surface area contributed by atoms with Crippen molar-refractivity contribution in [2.24, 2.45) is 11.8 Å². The maximum Gasteiger partial charge on any atom is 0.316 e. The number of nitrogens with one attached hydrogen (secondary N) is 4. The molecule has 2 amide bonds. The molecule has 0 radical (unpaired) electrons. The average molecular weight is 511 g/mol. The van der Waals surface area contributed by atoms with Crippen LogP contribution in [0.3, 0.4) is 0 Å². The molecule has 0 aliphatic heterocycles. The van der Waals surface area contributed by atoms with Crippen LogP contribution in [0.2, 0.25) is 0 Å². The summed E-state index contributed by atoms with van der Waals surface area (Å²) in [5.74, 6) is 0.210. The minimum absolute atomic E-state index is 0.105. The van der Waals surface area contributed by atoms with Crippen molar-refractivity contribution < 1.29 is 4.79 Å². The Hall–Kier alpha value is -3.87. The van der Waals surface area contributed by atoms with Gasteiger partial charge in [-0.1, -0.05) is 35.5 Å². The van der Waals surface area contributed by atoms with E-state index in [2.05, 4.69) is 58.8 Å². The van der Waals surface area contributed by atoms with E-state index in [4.69, 9.17) is 0 Å². The van der Waals surface area contributed by atoms with Crippen LogP contribution in [0.5, 0.6) is 0 Å². The molecule has 7 nitrogen and oxygen atoms in total. The molecule has 4 N–H and O–H groups in total. The Balaban J connectivity index is 1.46. The molecular formula is C31H34N4O3. The highest BCUT2D eigenvalue weighted by Crippen LogP contribution is 2.51. The minimum atomic E-state index is -0.756. The predicted molar refractivity (Wildman–Crippen MR) is 148 cm³/mol. The molecule has 7 heteroatoms. The van der Waals surface area contributed by atoms with Gasteiger partial charge in [-0.05, 0) is 76.7 Å². The Morgan fingerprint density at radius 1 is 0.789 bits per heavy atom. The fraction of sp³-hybridized carbons (Fsp3) is 0.387. The normalized spacial score (nSPS) is 31.2. The van der Waals surface area contributed by atoms with Crippen LogP contribution in [0.15, 0.2) is 80.5 Å². The first-order valence-corrected chi connectivity index (χ1v) is 13.4. The Bertz CT molecular complexity index is 1490. The van der Waals surface area contributed by atoms with Crippen LogP contribution in [0.1, 0.15) is 63.1 Å². The number of carbonyl (C=O) groups excluding carboxylic acids is 1. The summed E-state index contributed by atoms with van der Waals surface area (Å²) in [7, 11) is 0. The quantitative estimate of drug-likeness (QED) is 0.450. The average Bonchev–Trinajstić information content (AvgIpc) is 2.82. The first kappa shape index (κ1) is 24.5. The van der Waals surface area contributed by atoms with E-state index in [1.807, 2.05) is 26.0 Å². The largest absolute Gasteiger partial charge is 0.326 e. The van der Waals surface area contributed by atoms with E-state index in [9.17, 15) is 14.4 Å². The minimum Gasteiger partial charge on any atom is -0.326 e. The molecule has 4 atom stereocenters.